The van der Waals surface area contributed by atoms with E-state index in [0.29, 0.717) is 0 Å². The summed E-state index contributed by atoms with van der Waals surface area (Å²) in [6, 6.07) is 4.30. The van der Waals surface area contributed by atoms with E-state index in [1.807, 2.05) is 0 Å². The summed E-state index contributed by atoms with van der Waals surface area (Å²) in [5.41, 5.74) is 6.15. The van der Waals surface area contributed by atoms with Crippen LogP contribution in [0.2, 0.25) is 0 Å². The zero-order valence-corrected chi connectivity index (χ0v) is 10.8. The zero-order valence-electron chi connectivity index (χ0n) is 9.98. The van der Waals surface area contributed by atoms with Crippen LogP contribution in [0.3, 0.4) is 0 Å². The van der Waals surface area contributed by atoms with E-state index in [0.717, 1.165) is 26.2 Å². The van der Waals surface area contributed by atoms with Crippen LogP contribution in [-0.2, 0) is 4.74 Å². The normalized spacial score (nSPS) is 23.2. The fraction of sp³-hybridized carbons (Fsp3) is 0.667. The second kappa shape index (κ2) is 4.84. The van der Waals surface area contributed by atoms with Crippen molar-refractivity contribution in [3.63, 3.8) is 0 Å². The van der Waals surface area contributed by atoms with E-state index in [9.17, 15) is 0 Å². The van der Waals surface area contributed by atoms with Gasteiger partial charge in [-0.15, -0.1) is 11.3 Å². The van der Waals surface area contributed by atoms with Crippen LogP contribution in [0.1, 0.15) is 24.8 Å². The van der Waals surface area contributed by atoms with Crippen LogP contribution in [0, 0.1) is 0 Å². The summed E-state index contributed by atoms with van der Waals surface area (Å²) in [4.78, 5) is 3.66. The molecule has 16 heavy (non-hydrogen) atoms. The molecule has 1 aliphatic heterocycles. The standard InChI is InChI=1S/C12H20N2OS/c1-12(2)9-14(5-6-15-12)8-10(13)11-4-3-7-16-11/h3-4,7,10H,5-6,8-9,13H2,1-2H3. The molecule has 0 radical (unpaired) electrons. The Morgan fingerprint density at radius 1 is 1.62 bits per heavy atom. The van der Waals surface area contributed by atoms with E-state index in [1.54, 1.807) is 11.3 Å². The fourth-order valence-electron chi connectivity index (χ4n) is 2.14. The van der Waals surface area contributed by atoms with Gasteiger partial charge in [0.25, 0.3) is 0 Å². The Labute approximate surface area is 101 Å². The van der Waals surface area contributed by atoms with Gasteiger partial charge >= 0.3 is 0 Å². The molecule has 2 heterocycles. The lowest BCUT2D eigenvalue weighted by molar-refractivity contribution is -0.0869. The monoisotopic (exact) mass is 240 g/mol. The summed E-state index contributed by atoms with van der Waals surface area (Å²) in [7, 11) is 0. The van der Waals surface area contributed by atoms with E-state index >= 15 is 0 Å². The number of hydrogen-bond acceptors (Lipinski definition) is 4. The number of rotatable bonds is 3. The first-order valence-electron chi connectivity index (χ1n) is 5.72. The van der Waals surface area contributed by atoms with Gasteiger partial charge in [0.1, 0.15) is 0 Å². The van der Waals surface area contributed by atoms with Crippen LogP contribution in [0.25, 0.3) is 0 Å². The molecule has 1 aromatic rings. The molecular formula is C12H20N2OS. The van der Waals surface area contributed by atoms with Gasteiger partial charge in [-0.05, 0) is 25.3 Å². The van der Waals surface area contributed by atoms with Crippen molar-refractivity contribution in [3.8, 4) is 0 Å². The first kappa shape index (κ1) is 12.0. The highest BCUT2D eigenvalue weighted by molar-refractivity contribution is 7.10. The third kappa shape index (κ3) is 3.04. The molecule has 0 aliphatic carbocycles. The zero-order chi connectivity index (χ0) is 11.6. The smallest absolute Gasteiger partial charge is 0.0753 e. The van der Waals surface area contributed by atoms with Crippen molar-refractivity contribution < 1.29 is 4.74 Å². The molecule has 0 aromatic carbocycles. The Hall–Kier alpha value is -0.420. The molecule has 2 N–H and O–H groups in total. The van der Waals surface area contributed by atoms with Crippen molar-refractivity contribution in [2.75, 3.05) is 26.2 Å². The van der Waals surface area contributed by atoms with Crippen molar-refractivity contribution in [2.24, 2.45) is 5.73 Å². The topological polar surface area (TPSA) is 38.5 Å². The van der Waals surface area contributed by atoms with E-state index in [2.05, 4.69) is 36.3 Å². The first-order valence-corrected chi connectivity index (χ1v) is 6.60. The highest BCUT2D eigenvalue weighted by atomic mass is 32.1. The molecule has 90 valence electrons. The molecule has 1 saturated heterocycles. The van der Waals surface area contributed by atoms with Gasteiger partial charge in [-0.3, -0.25) is 4.90 Å². The lowest BCUT2D eigenvalue weighted by Crippen LogP contribution is -2.49. The Bertz CT molecular complexity index is 324. The second-order valence-corrected chi connectivity index (χ2v) is 5.94. The molecular weight excluding hydrogens is 220 g/mol. The Morgan fingerprint density at radius 3 is 3.06 bits per heavy atom. The van der Waals surface area contributed by atoms with Crippen molar-refractivity contribution in [1.29, 1.82) is 0 Å². The maximum absolute atomic E-state index is 6.19. The molecule has 1 aliphatic rings. The van der Waals surface area contributed by atoms with Crippen LogP contribution in [-0.4, -0.2) is 36.7 Å². The fourth-order valence-corrected chi connectivity index (χ4v) is 2.86. The molecule has 0 amide bonds. The summed E-state index contributed by atoms with van der Waals surface area (Å²) >= 11 is 1.74. The largest absolute Gasteiger partial charge is 0.373 e. The van der Waals surface area contributed by atoms with Crippen molar-refractivity contribution in [1.82, 2.24) is 4.90 Å². The minimum Gasteiger partial charge on any atom is -0.373 e. The molecule has 1 aromatic heterocycles. The predicted octanol–water partition coefficient (Wildman–Crippen LogP) is 1.86. The first-order chi connectivity index (χ1) is 7.57. The van der Waals surface area contributed by atoms with Crippen LogP contribution < -0.4 is 5.73 Å². The summed E-state index contributed by atoms with van der Waals surface area (Å²) in [5, 5.41) is 2.08. The van der Waals surface area contributed by atoms with Crippen molar-refractivity contribution in [3.05, 3.63) is 22.4 Å². The Balaban J connectivity index is 1.90. The van der Waals surface area contributed by atoms with Crippen LogP contribution in [0.4, 0.5) is 0 Å². The molecule has 0 saturated carbocycles. The van der Waals surface area contributed by atoms with Crippen LogP contribution in [0.5, 0.6) is 0 Å². The van der Waals surface area contributed by atoms with Gasteiger partial charge in [-0.2, -0.15) is 0 Å². The van der Waals surface area contributed by atoms with Gasteiger partial charge in [0.05, 0.1) is 18.2 Å². The third-order valence-electron chi connectivity index (χ3n) is 2.87. The number of ether oxygens (including phenoxy) is 1. The lowest BCUT2D eigenvalue weighted by atomic mass is 10.1. The number of thiophene rings is 1. The number of hydrogen-bond donors (Lipinski definition) is 1. The average molecular weight is 240 g/mol. The number of nitrogens with two attached hydrogens (primary N) is 1. The summed E-state index contributed by atoms with van der Waals surface area (Å²) < 4.78 is 5.69. The second-order valence-electron chi connectivity index (χ2n) is 4.97. The molecule has 1 fully saturated rings. The molecule has 1 unspecified atom stereocenters. The van der Waals surface area contributed by atoms with Gasteiger partial charge < -0.3 is 10.5 Å². The molecule has 1 atom stereocenters. The third-order valence-corrected chi connectivity index (χ3v) is 3.87. The SMILES string of the molecule is CC1(C)CN(CC(N)c2cccs2)CCO1. The van der Waals surface area contributed by atoms with Crippen molar-refractivity contribution in [2.45, 2.75) is 25.5 Å². The predicted molar refractivity (Wildman–Crippen MR) is 67.7 cm³/mol. The molecule has 2 rings (SSSR count). The van der Waals surface area contributed by atoms with Crippen molar-refractivity contribution >= 4 is 11.3 Å². The minimum absolute atomic E-state index is 0.0343. The van der Waals surface area contributed by atoms with Gasteiger partial charge in [0.15, 0.2) is 0 Å². The average Bonchev–Trinajstić information content (AvgIpc) is 2.68. The number of morpholine rings is 1. The van der Waals surface area contributed by atoms with Gasteiger partial charge in [0, 0.05) is 24.5 Å². The maximum Gasteiger partial charge on any atom is 0.0753 e. The summed E-state index contributed by atoms with van der Waals surface area (Å²) in [6.45, 7) is 7.96. The van der Waals surface area contributed by atoms with Crippen LogP contribution in [0.15, 0.2) is 17.5 Å². The van der Waals surface area contributed by atoms with E-state index in [1.165, 1.54) is 4.88 Å². The maximum atomic E-state index is 6.19. The lowest BCUT2D eigenvalue weighted by Gasteiger charge is -2.39. The van der Waals surface area contributed by atoms with Gasteiger partial charge in [0.2, 0.25) is 0 Å². The Morgan fingerprint density at radius 2 is 2.44 bits per heavy atom. The van der Waals surface area contributed by atoms with E-state index < -0.39 is 0 Å². The Kier molecular flexibility index (Phi) is 3.64. The molecule has 0 spiro atoms. The summed E-state index contributed by atoms with van der Waals surface area (Å²) in [6.07, 6.45) is 0. The number of nitrogens with zero attached hydrogens (tertiary/aromatic N) is 1. The van der Waals surface area contributed by atoms with Crippen LogP contribution >= 0.6 is 11.3 Å². The molecule has 0 bridgehead atoms. The quantitative estimate of drug-likeness (QED) is 0.876. The summed E-state index contributed by atoms with van der Waals surface area (Å²) in [5.74, 6) is 0. The highest BCUT2D eigenvalue weighted by Gasteiger charge is 2.28. The van der Waals surface area contributed by atoms with E-state index in [-0.39, 0.29) is 11.6 Å². The molecule has 3 nitrogen and oxygen atoms in total. The minimum atomic E-state index is -0.0343. The molecule has 4 heteroatoms. The van der Waals surface area contributed by atoms with E-state index in [4.69, 9.17) is 10.5 Å². The van der Waals surface area contributed by atoms with Gasteiger partial charge in [-0.25, -0.2) is 0 Å². The highest BCUT2D eigenvalue weighted by Crippen LogP contribution is 2.21. The van der Waals surface area contributed by atoms with Gasteiger partial charge in [-0.1, -0.05) is 6.07 Å².